The van der Waals surface area contributed by atoms with Gasteiger partial charge in [0, 0.05) is 21.6 Å². The lowest BCUT2D eigenvalue weighted by molar-refractivity contribution is -0.724. The summed E-state index contributed by atoms with van der Waals surface area (Å²) in [7, 11) is 0. The van der Waals surface area contributed by atoms with Gasteiger partial charge >= 0.3 is 0 Å². The number of fused-ring (bicyclic) bond motifs is 3. The molecule has 0 atom stereocenters. The summed E-state index contributed by atoms with van der Waals surface area (Å²) in [5.74, 6) is 0. The molecule has 1 heterocycles. The molecule has 0 aliphatic carbocycles. The van der Waals surface area contributed by atoms with Gasteiger partial charge in [-0.15, -0.1) is 0 Å². The van der Waals surface area contributed by atoms with Crippen LogP contribution < -0.4 is 4.68 Å². The molecular weight excluding hydrogens is 232 g/mol. The van der Waals surface area contributed by atoms with Crippen LogP contribution in [0.4, 0.5) is 0 Å². The normalized spacial score (nSPS) is 11.2. The molecule has 2 nitrogen and oxygen atoms in total. The Hall–Kier alpha value is -1.67. The van der Waals surface area contributed by atoms with E-state index in [4.69, 9.17) is 11.6 Å². The van der Waals surface area contributed by atoms with Gasteiger partial charge in [-0.25, -0.2) is 0 Å². The highest BCUT2D eigenvalue weighted by molar-refractivity contribution is 6.31. The monoisotopic (exact) mass is 243 g/mol. The molecule has 0 bridgehead atoms. The number of rotatable bonds is 1. The molecule has 3 aromatic rings. The highest BCUT2D eigenvalue weighted by atomic mass is 35.5. The van der Waals surface area contributed by atoms with E-state index in [9.17, 15) is 0 Å². The molecule has 0 aliphatic rings. The molecule has 3 heteroatoms. The highest BCUT2D eigenvalue weighted by Crippen LogP contribution is 2.23. The zero-order valence-electron chi connectivity index (χ0n) is 9.52. The van der Waals surface area contributed by atoms with Crippen LogP contribution in [-0.4, -0.2) is 5.10 Å². The van der Waals surface area contributed by atoms with Crippen LogP contribution in [0.2, 0.25) is 5.02 Å². The number of benzene rings is 2. The summed E-state index contributed by atoms with van der Waals surface area (Å²) in [5, 5.41) is 7.69. The Kier molecular flexibility index (Phi) is 2.45. The van der Waals surface area contributed by atoms with Crippen LogP contribution in [0, 0.1) is 0 Å². The topological polar surface area (TPSA) is 16.8 Å². The molecule has 0 unspecified atom stereocenters. The third kappa shape index (κ3) is 1.65. The van der Waals surface area contributed by atoms with Crippen LogP contribution in [-0.2, 0) is 6.54 Å². The van der Waals surface area contributed by atoms with E-state index in [1.807, 2.05) is 41.1 Å². The van der Waals surface area contributed by atoms with E-state index in [1.54, 1.807) is 0 Å². The Bertz CT molecular complexity index is 707. The number of hydrogen-bond acceptors (Lipinski definition) is 1. The number of hydrogen-bond donors (Lipinski definition) is 0. The van der Waals surface area contributed by atoms with Crippen molar-refractivity contribution in [3.8, 4) is 0 Å². The Morgan fingerprint density at radius 1 is 1.12 bits per heavy atom. The van der Waals surface area contributed by atoms with Gasteiger partial charge in [0.2, 0.25) is 5.52 Å². The second-order valence-electron chi connectivity index (χ2n) is 3.99. The van der Waals surface area contributed by atoms with Gasteiger partial charge in [-0.1, -0.05) is 34.5 Å². The lowest BCUT2D eigenvalue weighted by Crippen LogP contribution is -2.37. The molecule has 1 aromatic heterocycles. The van der Waals surface area contributed by atoms with Gasteiger partial charge in [-0.05, 0) is 25.1 Å². The SMILES string of the molecule is CC[n+]1nc2ccccc2c2cc(Cl)ccc21. The summed E-state index contributed by atoms with van der Waals surface area (Å²) in [6, 6.07) is 14.1. The average Bonchev–Trinajstić information content (AvgIpc) is 2.37. The van der Waals surface area contributed by atoms with Crippen molar-refractivity contribution in [1.82, 2.24) is 5.10 Å². The van der Waals surface area contributed by atoms with Crippen LogP contribution in [0.1, 0.15) is 6.92 Å². The summed E-state index contributed by atoms with van der Waals surface area (Å²) < 4.78 is 2.01. The summed E-state index contributed by atoms with van der Waals surface area (Å²) >= 11 is 6.08. The fraction of sp³-hybridized carbons (Fsp3) is 0.143. The molecule has 0 saturated heterocycles. The molecular formula is C14H12ClN2+. The lowest BCUT2D eigenvalue weighted by atomic mass is 10.1. The minimum atomic E-state index is 0.761. The molecule has 17 heavy (non-hydrogen) atoms. The Morgan fingerprint density at radius 2 is 1.94 bits per heavy atom. The molecule has 0 fully saturated rings. The van der Waals surface area contributed by atoms with Crippen LogP contribution in [0.3, 0.4) is 0 Å². The number of aromatic nitrogens is 2. The summed E-state index contributed by atoms with van der Waals surface area (Å²) in [4.78, 5) is 0. The van der Waals surface area contributed by atoms with E-state index >= 15 is 0 Å². The first-order chi connectivity index (χ1) is 8.29. The molecule has 2 aromatic carbocycles. The van der Waals surface area contributed by atoms with E-state index in [1.165, 1.54) is 0 Å². The van der Waals surface area contributed by atoms with Crippen LogP contribution >= 0.6 is 11.6 Å². The molecule has 3 rings (SSSR count). The first kappa shape index (κ1) is 10.5. The smallest absolute Gasteiger partial charge is 0.0843 e. The molecule has 0 spiro atoms. The largest absolute Gasteiger partial charge is 0.239 e. The number of nitrogens with zero attached hydrogens (tertiary/aromatic N) is 2. The molecule has 0 aliphatic heterocycles. The molecule has 0 radical (unpaired) electrons. The van der Waals surface area contributed by atoms with E-state index in [2.05, 4.69) is 18.1 Å². The highest BCUT2D eigenvalue weighted by Gasteiger charge is 2.13. The van der Waals surface area contributed by atoms with E-state index in [0.717, 1.165) is 33.4 Å². The first-order valence-electron chi connectivity index (χ1n) is 5.67. The van der Waals surface area contributed by atoms with Crippen LogP contribution in [0.5, 0.6) is 0 Å². The predicted octanol–water partition coefficient (Wildman–Crippen LogP) is 3.35. The number of halogens is 1. The first-order valence-corrected chi connectivity index (χ1v) is 6.05. The second kappa shape index (κ2) is 3.97. The zero-order chi connectivity index (χ0) is 11.8. The van der Waals surface area contributed by atoms with Crippen molar-refractivity contribution in [2.75, 3.05) is 0 Å². The van der Waals surface area contributed by atoms with Gasteiger partial charge < -0.3 is 0 Å². The maximum absolute atomic E-state index is 6.08. The third-order valence-electron chi connectivity index (χ3n) is 2.96. The summed E-state index contributed by atoms with van der Waals surface area (Å²) in [6.07, 6.45) is 0. The average molecular weight is 244 g/mol. The Morgan fingerprint density at radius 3 is 2.76 bits per heavy atom. The van der Waals surface area contributed by atoms with Gasteiger partial charge in [-0.2, -0.15) is 0 Å². The second-order valence-corrected chi connectivity index (χ2v) is 4.43. The van der Waals surface area contributed by atoms with Gasteiger partial charge in [0.25, 0.3) is 0 Å². The van der Waals surface area contributed by atoms with Crippen molar-refractivity contribution < 1.29 is 4.68 Å². The lowest BCUT2D eigenvalue weighted by Gasteiger charge is -2.02. The Balaban J connectivity index is 2.56. The van der Waals surface area contributed by atoms with Gasteiger partial charge in [0.15, 0.2) is 6.54 Å². The van der Waals surface area contributed by atoms with Crippen molar-refractivity contribution in [3.63, 3.8) is 0 Å². The maximum atomic E-state index is 6.08. The van der Waals surface area contributed by atoms with Crippen molar-refractivity contribution in [2.45, 2.75) is 13.5 Å². The molecule has 0 saturated carbocycles. The van der Waals surface area contributed by atoms with E-state index in [0.29, 0.717) is 0 Å². The van der Waals surface area contributed by atoms with Crippen molar-refractivity contribution in [2.24, 2.45) is 0 Å². The predicted molar refractivity (Wildman–Crippen MR) is 70.1 cm³/mol. The Labute approximate surface area is 104 Å². The van der Waals surface area contributed by atoms with E-state index in [-0.39, 0.29) is 0 Å². The number of aryl methyl sites for hydroxylation is 1. The molecule has 84 valence electrons. The summed E-state index contributed by atoms with van der Waals surface area (Å²) in [5.41, 5.74) is 2.12. The van der Waals surface area contributed by atoms with E-state index < -0.39 is 0 Å². The zero-order valence-corrected chi connectivity index (χ0v) is 10.3. The van der Waals surface area contributed by atoms with Crippen LogP contribution in [0.15, 0.2) is 42.5 Å². The molecule has 0 N–H and O–H groups in total. The maximum Gasteiger partial charge on any atom is 0.239 e. The van der Waals surface area contributed by atoms with Gasteiger partial charge in [-0.3, -0.25) is 0 Å². The fourth-order valence-electron chi connectivity index (χ4n) is 2.16. The van der Waals surface area contributed by atoms with Crippen LogP contribution in [0.25, 0.3) is 21.8 Å². The van der Waals surface area contributed by atoms with Crippen molar-refractivity contribution in [3.05, 3.63) is 47.5 Å². The fourth-order valence-corrected chi connectivity index (χ4v) is 2.33. The standard InChI is InChI=1S/C14H12ClN2/c1-2-17-14-8-7-10(15)9-12(14)11-5-3-4-6-13(11)16-17/h3-9H,2H2,1H3/q+1. The van der Waals surface area contributed by atoms with Crippen molar-refractivity contribution >= 4 is 33.4 Å². The van der Waals surface area contributed by atoms with Crippen molar-refractivity contribution in [1.29, 1.82) is 0 Å². The van der Waals surface area contributed by atoms with Gasteiger partial charge in [0.05, 0.1) is 5.39 Å². The third-order valence-corrected chi connectivity index (χ3v) is 3.19. The minimum absolute atomic E-state index is 0.761. The minimum Gasteiger partial charge on any atom is -0.0843 e. The molecule has 0 amide bonds. The van der Waals surface area contributed by atoms with Gasteiger partial charge in [0.1, 0.15) is 5.52 Å². The quantitative estimate of drug-likeness (QED) is 0.473. The summed E-state index contributed by atoms with van der Waals surface area (Å²) in [6.45, 7) is 2.94.